The van der Waals surface area contributed by atoms with Crippen LogP contribution in [-0.4, -0.2) is 55.3 Å². The summed E-state index contributed by atoms with van der Waals surface area (Å²) in [5, 5.41) is 1.05. The van der Waals surface area contributed by atoms with Crippen LogP contribution in [0.3, 0.4) is 0 Å². The summed E-state index contributed by atoms with van der Waals surface area (Å²) < 4.78 is 5.18. The summed E-state index contributed by atoms with van der Waals surface area (Å²) in [5.74, 6) is 0.781. The minimum Gasteiger partial charge on any atom is -0.497 e. The molecule has 3 rings (SSSR count). The average Bonchev–Trinajstić information content (AvgIpc) is 3.00. The van der Waals surface area contributed by atoms with Gasteiger partial charge in [0, 0.05) is 60.8 Å². The van der Waals surface area contributed by atoms with Crippen molar-refractivity contribution in [3.63, 3.8) is 0 Å². The number of Topliss-reactive ketones (excluding diaryl/α,β-unsaturated/α-hetero) is 1. The monoisotopic (exact) mass is 424 g/mol. The van der Waals surface area contributed by atoms with Crippen LogP contribution >= 0.6 is 23.2 Å². The van der Waals surface area contributed by atoms with Gasteiger partial charge in [-0.3, -0.25) is 9.59 Å². The number of ether oxygens (including phenoxy) is 1. The van der Waals surface area contributed by atoms with E-state index in [-0.39, 0.29) is 23.7 Å². The molecule has 0 spiro atoms. The van der Waals surface area contributed by atoms with E-state index >= 15 is 0 Å². The molecule has 1 saturated carbocycles. The number of likely N-dealkylation sites (tertiary alicyclic amines) is 1. The molecule has 152 valence electrons. The maximum Gasteiger partial charge on any atom is 0.226 e. The van der Waals surface area contributed by atoms with Crippen molar-refractivity contribution in [1.82, 2.24) is 9.80 Å². The largest absolute Gasteiger partial charge is 0.497 e. The Hall–Kier alpha value is -1.72. The number of ketones is 1. The van der Waals surface area contributed by atoms with E-state index in [1.54, 1.807) is 19.2 Å². The lowest BCUT2D eigenvalue weighted by atomic mass is 9.89. The number of nitrogens with zero attached hydrogens (tertiary/aromatic N) is 2. The number of carbonyl (C=O) groups is 2. The number of amides is 1. The molecule has 1 heterocycles. The second-order valence-electron chi connectivity index (χ2n) is 7.73. The molecule has 1 saturated heterocycles. The summed E-state index contributed by atoms with van der Waals surface area (Å²) in [7, 11) is 5.38. The van der Waals surface area contributed by atoms with Gasteiger partial charge in [0.25, 0.3) is 0 Å². The smallest absolute Gasteiger partial charge is 0.226 e. The Morgan fingerprint density at radius 2 is 1.89 bits per heavy atom. The molecule has 1 aromatic carbocycles. The van der Waals surface area contributed by atoms with Crippen LogP contribution in [0.4, 0.5) is 0 Å². The number of methoxy groups -OCH3 is 1. The third-order valence-corrected chi connectivity index (χ3v) is 6.20. The highest BCUT2D eigenvalue weighted by molar-refractivity contribution is 6.36. The maximum atomic E-state index is 13.1. The fraction of sp³-hybridized carbons (Fsp3) is 0.524. The third-order valence-electron chi connectivity index (χ3n) is 5.52. The van der Waals surface area contributed by atoms with Crippen molar-refractivity contribution in [2.45, 2.75) is 38.1 Å². The molecule has 1 aliphatic heterocycles. The van der Waals surface area contributed by atoms with Gasteiger partial charge in [-0.25, -0.2) is 0 Å². The van der Waals surface area contributed by atoms with Crippen LogP contribution in [0.25, 0.3) is 0 Å². The quantitative estimate of drug-likeness (QED) is 0.671. The molecule has 2 aliphatic rings. The Balaban J connectivity index is 1.71. The lowest BCUT2D eigenvalue weighted by Crippen LogP contribution is -2.41. The topological polar surface area (TPSA) is 49.9 Å². The highest BCUT2D eigenvalue weighted by Crippen LogP contribution is 2.36. The molecular weight excluding hydrogens is 399 g/mol. The first-order valence-corrected chi connectivity index (χ1v) is 10.3. The fourth-order valence-electron chi connectivity index (χ4n) is 4.08. The molecule has 1 aliphatic carbocycles. The van der Waals surface area contributed by atoms with Crippen LogP contribution in [0.1, 0.15) is 31.2 Å². The first-order chi connectivity index (χ1) is 13.3. The van der Waals surface area contributed by atoms with Crippen molar-refractivity contribution in [1.29, 1.82) is 0 Å². The summed E-state index contributed by atoms with van der Waals surface area (Å²) in [5.41, 5.74) is 1.59. The summed E-state index contributed by atoms with van der Waals surface area (Å²) in [6.07, 6.45) is 5.02. The maximum absolute atomic E-state index is 13.1. The number of benzene rings is 1. The van der Waals surface area contributed by atoms with Gasteiger partial charge in [0.05, 0.1) is 7.11 Å². The molecule has 2 unspecified atom stereocenters. The van der Waals surface area contributed by atoms with E-state index in [1.165, 1.54) is 0 Å². The van der Waals surface area contributed by atoms with E-state index in [0.29, 0.717) is 41.6 Å². The van der Waals surface area contributed by atoms with Gasteiger partial charge >= 0.3 is 0 Å². The van der Waals surface area contributed by atoms with Gasteiger partial charge in [0.2, 0.25) is 5.91 Å². The molecule has 28 heavy (non-hydrogen) atoms. The molecule has 2 atom stereocenters. The van der Waals surface area contributed by atoms with Gasteiger partial charge in [-0.1, -0.05) is 23.2 Å². The normalized spacial score (nSPS) is 24.2. The number of hydrogen-bond acceptors (Lipinski definition) is 4. The zero-order valence-corrected chi connectivity index (χ0v) is 18.0. The molecule has 5 nitrogen and oxygen atoms in total. The molecule has 0 radical (unpaired) electrons. The molecule has 2 fully saturated rings. The highest BCUT2D eigenvalue weighted by atomic mass is 35.5. The zero-order valence-electron chi connectivity index (χ0n) is 16.5. The van der Waals surface area contributed by atoms with Crippen molar-refractivity contribution >= 4 is 34.9 Å². The third kappa shape index (κ3) is 4.47. The summed E-state index contributed by atoms with van der Waals surface area (Å²) in [6.45, 7) is 0.711. The predicted molar refractivity (Wildman–Crippen MR) is 111 cm³/mol. The van der Waals surface area contributed by atoms with E-state index in [4.69, 9.17) is 27.9 Å². The van der Waals surface area contributed by atoms with Gasteiger partial charge in [-0.2, -0.15) is 0 Å². The van der Waals surface area contributed by atoms with E-state index in [9.17, 15) is 9.59 Å². The second kappa shape index (κ2) is 8.75. The molecule has 0 N–H and O–H groups in total. The highest BCUT2D eigenvalue weighted by Gasteiger charge is 2.38. The van der Waals surface area contributed by atoms with Crippen LogP contribution in [0.2, 0.25) is 10.0 Å². The Morgan fingerprint density at radius 1 is 1.21 bits per heavy atom. The number of carbonyl (C=O) groups excluding carboxylic acids is 2. The number of rotatable bonds is 5. The standard InChI is InChI=1S/C21H26Cl2N2O3/c1-24(2)12-14-8-15(4-5-20(14)26)25-7-6-13(21(25)27)9-17-18(22)10-16(28-3)11-19(17)23/h10-13,15H,4-9H2,1-3H3/b14-12+. The summed E-state index contributed by atoms with van der Waals surface area (Å²) in [4.78, 5) is 29.1. The van der Waals surface area contributed by atoms with Crippen LogP contribution in [0, 0.1) is 5.92 Å². The zero-order chi connectivity index (χ0) is 20.4. The SMILES string of the molecule is COc1cc(Cl)c(CC2CCN(C3CCC(=O)/C(=C/N(C)C)C3)C2=O)c(Cl)c1. The molecule has 7 heteroatoms. The van der Waals surface area contributed by atoms with Crippen LogP contribution < -0.4 is 4.74 Å². The van der Waals surface area contributed by atoms with Crippen molar-refractivity contribution < 1.29 is 14.3 Å². The van der Waals surface area contributed by atoms with Crippen LogP contribution in [0.15, 0.2) is 23.9 Å². The Morgan fingerprint density at radius 3 is 2.50 bits per heavy atom. The van der Waals surface area contributed by atoms with Crippen molar-refractivity contribution in [3.05, 3.63) is 39.5 Å². The molecule has 1 amide bonds. The first-order valence-electron chi connectivity index (χ1n) is 9.52. The van der Waals surface area contributed by atoms with Crippen molar-refractivity contribution in [3.8, 4) is 5.75 Å². The lowest BCUT2D eigenvalue weighted by molar-refractivity contribution is -0.134. The van der Waals surface area contributed by atoms with Gasteiger partial charge in [-0.15, -0.1) is 0 Å². The lowest BCUT2D eigenvalue weighted by Gasteiger charge is -2.32. The Bertz CT molecular complexity index is 784. The Labute approximate surface area is 176 Å². The second-order valence-corrected chi connectivity index (χ2v) is 8.54. The van der Waals surface area contributed by atoms with E-state index < -0.39 is 0 Å². The van der Waals surface area contributed by atoms with Gasteiger partial charge < -0.3 is 14.5 Å². The van der Waals surface area contributed by atoms with Crippen LogP contribution in [0.5, 0.6) is 5.75 Å². The van der Waals surface area contributed by atoms with Crippen molar-refractivity contribution in [2.24, 2.45) is 5.92 Å². The molecule has 1 aromatic rings. The van der Waals surface area contributed by atoms with Gasteiger partial charge in [-0.05, 0) is 43.4 Å². The van der Waals surface area contributed by atoms with Crippen molar-refractivity contribution in [2.75, 3.05) is 27.7 Å². The first kappa shape index (κ1) is 21.0. The van der Waals surface area contributed by atoms with Gasteiger partial charge in [0.15, 0.2) is 5.78 Å². The molecule has 0 bridgehead atoms. The summed E-state index contributed by atoms with van der Waals surface area (Å²) >= 11 is 12.7. The molecule has 0 aromatic heterocycles. The number of hydrogen-bond donors (Lipinski definition) is 0. The summed E-state index contributed by atoms with van der Waals surface area (Å²) in [6, 6.07) is 3.54. The average molecular weight is 425 g/mol. The Kier molecular flexibility index (Phi) is 6.56. The van der Waals surface area contributed by atoms with E-state index in [0.717, 1.165) is 24.0 Å². The minimum atomic E-state index is -0.137. The van der Waals surface area contributed by atoms with Crippen LogP contribution in [-0.2, 0) is 16.0 Å². The van der Waals surface area contributed by atoms with Gasteiger partial charge in [0.1, 0.15) is 5.75 Å². The predicted octanol–water partition coefficient (Wildman–Crippen LogP) is 3.96. The van der Waals surface area contributed by atoms with E-state index in [2.05, 4.69) is 0 Å². The number of halogens is 2. The fourth-order valence-corrected chi connectivity index (χ4v) is 4.71. The molecular formula is C21H26Cl2N2O3. The van der Waals surface area contributed by atoms with E-state index in [1.807, 2.05) is 30.1 Å². The minimum absolute atomic E-state index is 0.0863.